The van der Waals surface area contributed by atoms with Crippen molar-refractivity contribution in [2.24, 2.45) is 65.1 Å². The number of phenolic OH excluding ortho intramolecular Hbond substituents is 3. The minimum absolute atomic E-state index is 0.0168. The number of aromatic hydroxyl groups is 3. The van der Waals surface area contributed by atoms with Crippen LogP contribution in [0, 0.1) is 65.1 Å². The average Bonchev–Trinajstić information content (AvgIpc) is 0.738. The highest BCUT2D eigenvalue weighted by Gasteiger charge is 2.58. The maximum absolute atomic E-state index is 12.1. The number of rotatable bonds is 24. The second-order valence-electron chi connectivity index (χ2n) is 37.3. The van der Waals surface area contributed by atoms with Crippen LogP contribution in [0.5, 0.6) is 28.7 Å². The first-order valence-corrected chi connectivity index (χ1v) is 45.8. The molecule has 9 fully saturated rings. The number of carbonyl (C=O) groups excluding carboxylic acids is 4. The molecule has 8 bridgehead atoms. The topological polar surface area (TPSA) is 194 Å². The molecule has 3 N–H and O–H groups in total. The summed E-state index contributed by atoms with van der Waals surface area (Å²) in [7, 11) is 0. The lowest BCUT2D eigenvalue weighted by Gasteiger charge is -2.59. The van der Waals surface area contributed by atoms with Crippen molar-refractivity contribution >= 4 is 24.1 Å². The molecule has 0 spiro atoms. The van der Waals surface area contributed by atoms with Crippen molar-refractivity contribution in [1.82, 2.24) is 0 Å². The highest BCUT2D eigenvalue weighted by Crippen LogP contribution is 2.61. The van der Waals surface area contributed by atoms with Crippen molar-refractivity contribution < 1.29 is 67.7 Å². The van der Waals surface area contributed by atoms with Crippen LogP contribution in [0.2, 0.25) is 0 Å². The van der Waals surface area contributed by atoms with Crippen LogP contribution in [0.15, 0.2) is 121 Å². The molecule has 656 valence electrons. The minimum Gasteiger partial charge on any atom is -0.508 e. The Labute approximate surface area is 709 Å². The zero-order valence-corrected chi connectivity index (χ0v) is 77.2. The molecule has 0 aliphatic heterocycles. The van der Waals surface area contributed by atoms with Gasteiger partial charge in [0.25, 0.3) is 0 Å². The fourth-order valence-electron chi connectivity index (χ4n) is 17.6. The maximum atomic E-state index is 12.1. The van der Waals surface area contributed by atoms with Crippen molar-refractivity contribution in [2.45, 2.75) is 372 Å². The number of esters is 3. The van der Waals surface area contributed by atoms with Gasteiger partial charge < -0.3 is 48.5 Å². The molecule has 0 radical (unpaired) electrons. The van der Waals surface area contributed by atoms with Gasteiger partial charge in [-0.25, -0.2) is 4.79 Å². The van der Waals surface area contributed by atoms with Crippen LogP contribution in [-0.2, 0) is 38.1 Å². The monoisotopic (exact) mass is 1620 g/mol. The summed E-state index contributed by atoms with van der Waals surface area (Å²) in [5.41, 5.74) is 5.50. The van der Waals surface area contributed by atoms with Gasteiger partial charge in [-0.2, -0.15) is 0 Å². The van der Waals surface area contributed by atoms with Crippen molar-refractivity contribution in [1.29, 1.82) is 0 Å². The van der Waals surface area contributed by atoms with E-state index in [4.69, 9.17) is 48.5 Å². The van der Waals surface area contributed by atoms with Gasteiger partial charge in [0.1, 0.15) is 51.2 Å². The third-order valence-electron chi connectivity index (χ3n) is 27.1. The van der Waals surface area contributed by atoms with Gasteiger partial charge in [0, 0.05) is 6.61 Å². The number of phenols is 3. The second kappa shape index (κ2) is 49.0. The van der Waals surface area contributed by atoms with Crippen LogP contribution in [0.3, 0.4) is 0 Å². The standard InChI is InChI=1S/2C16H26O2.C15H22O3.C14H22O2.C12H22O2.3C10H14O/c2*1-4-10(2)15(17)18-16(3)13-6-11-5-12(8-13)9-14(16)7-11;1-6-11(2)12-7-9-13(10-8-12)17-14(16)18-15(3,4)5;1-5-11(3)13-7-9-14(10-8-13)16-12(4)15-6-2;1-4-10(2)11(13)14-12(3)8-6-5-7-9-12;3*1-3-8(2)9-4-6-10(11)7-5-9/h2*10-14H,4-9H2,1-3H3;7-11H,6H2,1-5H3;7-12H,5-6H2,1-4H3;10H,4-9H2,1-3H3;3*4-8,11H,3H2,1-2H3. The Bertz CT molecular complexity index is 3380. The molecule has 9 saturated carbocycles. The Morgan fingerprint density at radius 3 is 0.889 bits per heavy atom. The van der Waals surface area contributed by atoms with Crippen molar-refractivity contribution in [3.05, 3.63) is 149 Å². The Kier molecular flexibility index (Phi) is 42.1. The maximum Gasteiger partial charge on any atom is 0.514 e. The molecule has 117 heavy (non-hydrogen) atoms. The average molecular weight is 1620 g/mol. The largest absolute Gasteiger partial charge is 0.514 e. The van der Waals surface area contributed by atoms with Gasteiger partial charge in [0.2, 0.25) is 0 Å². The van der Waals surface area contributed by atoms with Gasteiger partial charge >= 0.3 is 24.1 Å². The lowest BCUT2D eigenvalue weighted by atomic mass is 9.50. The van der Waals surface area contributed by atoms with E-state index in [1.165, 1.54) is 111 Å². The van der Waals surface area contributed by atoms with E-state index in [9.17, 15) is 19.2 Å². The van der Waals surface area contributed by atoms with Gasteiger partial charge in [-0.05, 0) is 362 Å². The van der Waals surface area contributed by atoms with E-state index >= 15 is 0 Å². The zero-order chi connectivity index (χ0) is 87.0. The van der Waals surface area contributed by atoms with Gasteiger partial charge in [-0.15, -0.1) is 0 Å². The van der Waals surface area contributed by atoms with E-state index in [0.29, 0.717) is 82.9 Å². The zero-order valence-electron chi connectivity index (χ0n) is 77.2. The molecule has 0 amide bonds. The molecule has 14 rings (SSSR count). The first kappa shape index (κ1) is 101. The summed E-state index contributed by atoms with van der Waals surface area (Å²) < 4.78 is 38.7. The van der Waals surface area contributed by atoms with Gasteiger partial charge in [-0.1, -0.05) is 178 Å². The molecule has 9 aliphatic carbocycles. The third kappa shape index (κ3) is 32.5. The molecule has 0 aromatic heterocycles. The number of benzene rings is 5. The molecule has 5 aromatic carbocycles. The third-order valence-corrected chi connectivity index (χ3v) is 27.1. The summed E-state index contributed by atoms with van der Waals surface area (Å²) in [4.78, 5) is 47.4. The van der Waals surface area contributed by atoms with Gasteiger partial charge in [-0.3, -0.25) is 14.4 Å². The smallest absolute Gasteiger partial charge is 0.508 e. The fourth-order valence-corrected chi connectivity index (χ4v) is 17.6. The molecule has 0 saturated heterocycles. The first-order valence-electron chi connectivity index (χ1n) is 45.8. The molecule has 9 atom stereocenters. The molecule has 9 aliphatic rings. The summed E-state index contributed by atoms with van der Waals surface area (Å²) in [6.45, 7) is 50.4. The van der Waals surface area contributed by atoms with Crippen LogP contribution in [-0.4, -0.2) is 74.7 Å². The summed E-state index contributed by atoms with van der Waals surface area (Å²) in [6.07, 6.45) is 26.5. The molecule has 0 heterocycles. The van der Waals surface area contributed by atoms with Gasteiger partial charge in [0.05, 0.1) is 17.8 Å². The summed E-state index contributed by atoms with van der Waals surface area (Å²) in [6, 6.07) is 38.1. The number of ether oxygens (including phenoxy) is 7. The van der Waals surface area contributed by atoms with Crippen LogP contribution < -0.4 is 9.47 Å². The molecular formula is C103H160O14. The van der Waals surface area contributed by atoms with E-state index in [0.717, 1.165) is 93.6 Å². The molecule has 5 aromatic rings. The second-order valence-corrected chi connectivity index (χ2v) is 37.3. The fraction of sp³-hybridized carbons (Fsp3) is 0.670. The Balaban J connectivity index is 0.000000240. The SMILES string of the molecule is CCC(C)C(=O)OC1(C)C2CC3CC(C2)CC1C3.CCC(C)C(=O)OC1(C)C2CC3CC(C2)CC1C3.CCC(C)C(=O)OC1(C)CCCCC1.CCC(C)c1ccc(O)cc1.CCC(C)c1ccc(O)cc1.CCC(C)c1ccc(O)cc1.CCC(C)c1ccc(OC(=O)OC(C)(C)C)cc1.CCOC(C)Oc1ccc(C(C)CC)cc1. The van der Waals surface area contributed by atoms with E-state index in [1.54, 1.807) is 69.3 Å². The quantitative estimate of drug-likeness (QED) is 0.0229. The predicted octanol–water partition coefficient (Wildman–Crippen LogP) is 28.1. The minimum atomic E-state index is -0.668. The normalized spacial score (nSPS) is 24.8. The molecular weight excluding hydrogens is 1460 g/mol. The predicted molar refractivity (Wildman–Crippen MR) is 478 cm³/mol. The highest BCUT2D eigenvalue weighted by molar-refractivity contribution is 5.73. The molecule has 14 nitrogen and oxygen atoms in total. The van der Waals surface area contributed by atoms with Crippen LogP contribution in [0.1, 0.15) is 371 Å². The lowest BCUT2D eigenvalue weighted by molar-refractivity contribution is -0.207. The molecule has 14 heteroatoms. The number of carbonyl (C=O) groups is 4. The van der Waals surface area contributed by atoms with Gasteiger partial charge in [0.15, 0.2) is 6.29 Å². The molecule has 9 unspecified atom stereocenters. The van der Waals surface area contributed by atoms with E-state index in [2.05, 4.69) is 116 Å². The summed E-state index contributed by atoms with van der Waals surface area (Å²) in [5, 5.41) is 27.0. The van der Waals surface area contributed by atoms with Crippen LogP contribution in [0.4, 0.5) is 4.79 Å². The van der Waals surface area contributed by atoms with Crippen molar-refractivity contribution in [3.63, 3.8) is 0 Å². The first-order chi connectivity index (χ1) is 55.3. The van der Waals surface area contributed by atoms with Crippen LogP contribution >= 0.6 is 0 Å². The van der Waals surface area contributed by atoms with Crippen molar-refractivity contribution in [2.75, 3.05) is 6.61 Å². The Hall–Kier alpha value is -7.06. The van der Waals surface area contributed by atoms with Crippen molar-refractivity contribution in [3.8, 4) is 28.7 Å². The van der Waals surface area contributed by atoms with E-state index < -0.39 is 11.8 Å². The summed E-state index contributed by atoms with van der Waals surface area (Å²) in [5.74, 6) is 11.8. The summed E-state index contributed by atoms with van der Waals surface area (Å²) >= 11 is 0. The highest BCUT2D eigenvalue weighted by atomic mass is 16.7. The number of hydrogen-bond donors (Lipinski definition) is 3. The lowest BCUT2D eigenvalue weighted by Crippen LogP contribution is -2.58. The Morgan fingerprint density at radius 1 is 0.368 bits per heavy atom. The van der Waals surface area contributed by atoms with E-state index in [-0.39, 0.29) is 58.8 Å². The number of hydrogen-bond acceptors (Lipinski definition) is 14. The Morgan fingerprint density at radius 2 is 0.632 bits per heavy atom. The van der Waals surface area contributed by atoms with Crippen LogP contribution in [0.25, 0.3) is 0 Å². The van der Waals surface area contributed by atoms with E-state index in [1.807, 2.05) is 102 Å².